The molecule has 1 nitrogen and oxygen atoms in total. The smallest absolute Gasteiger partial charge is 0.153 e. The molecule has 0 unspecified atom stereocenters. The van der Waals surface area contributed by atoms with Crippen LogP contribution in [0.1, 0.15) is 12.8 Å². The van der Waals surface area contributed by atoms with Crippen molar-refractivity contribution in [2.45, 2.75) is 25.9 Å². The average Bonchev–Trinajstić information content (AvgIpc) is 2.55. The van der Waals surface area contributed by atoms with Crippen molar-refractivity contribution < 1.29 is 0 Å². The van der Waals surface area contributed by atoms with Crippen LogP contribution in [0.3, 0.4) is 0 Å². The highest BCUT2D eigenvalue weighted by Crippen LogP contribution is 2.23. The molecule has 0 atom stereocenters. The monoisotopic (exact) mass is 181 g/mol. The van der Waals surface area contributed by atoms with E-state index in [4.69, 9.17) is 0 Å². The maximum atomic E-state index is 4.09. The van der Waals surface area contributed by atoms with Gasteiger partial charge in [-0.3, -0.25) is 0 Å². The lowest BCUT2D eigenvalue weighted by atomic mass is 10.4. The van der Waals surface area contributed by atoms with Crippen molar-refractivity contribution in [2.24, 2.45) is 0 Å². The largest absolute Gasteiger partial charge is 0.320 e. The summed E-state index contributed by atoms with van der Waals surface area (Å²) in [5.74, 6) is 0. The molecule has 0 aromatic carbocycles. The molecule has 1 rings (SSSR count). The van der Waals surface area contributed by atoms with Gasteiger partial charge in [-0.05, 0) is 25.9 Å². The molecule has 0 bridgehead atoms. The summed E-state index contributed by atoms with van der Waals surface area (Å²) in [6.45, 7) is 15.2. The first kappa shape index (κ1) is 9.74. The van der Waals surface area contributed by atoms with E-state index in [1.165, 1.54) is 31.1 Å². The zero-order chi connectivity index (χ0) is 9.19. The summed E-state index contributed by atoms with van der Waals surface area (Å²) >= 11 is 0. The standard InChI is InChI=1S/C10H19NSi/c1-5-10(2)12(3,4)11-8-6-7-9-11/h5H,1-2,6-9H2,3-4H3. The summed E-state index contributed by atoms with van der Waals surface area (Å²) in [4.78, 5) is 0. The molecule has 0 radical (unpaired) electrons. The molecule has 0 aliphatic carbocycles. The molecule has 2 heteroatoms. The lowest BCUT2D eigenvalue weighted by Crippen LogP contribution is -2.48. The van der Waals surface area contributed by atoms with Crippen LogP contribution in [0.2, 0.25) is 13.1 Å². The van der Waals surface area contributed by atoms with Crippen molar-refractivity contribution in [3.63, 3.8) is 0 Å². The molecule has 0 aromatic rings. The maximum Gasteiger partial charge on any atom is 0.153 e. The lowest BCUT2D eigenvalue weighted by molar-refractivity contribution is 0.526. The predicted octanol–water partition coefficient (Wildman–Crippen LogP) is 2.57. The van der Waals surface area contributed by atoms with Crippen LogP contribution in [0.25, 0.3) is 0 Å². The normalized spacial score (nSPS) is 19.5. The van der Waals surface area contributed by atoms with Gasteiger partial charge in [0.05, 0.1) is 0 Å². The van der Waals surface area contributed by atoms with Crippen LogP contribution in [0.15, 0.2) is 24.4 Å². The highest BCUT2D eigenvalue weighted by atomic mass is 28.3. The van der Waals surface area contributed by atoms with Crippen LogP contribution >= 0.6 is 0 Å². The van der Waals surface area contributed by atoms with Gasteiger partial charge in [0.2, 0.25) is 0 Å². The molecule has 0 amide bonds. The van der Waals surface area contributed by atoms with Gasteiger partial charge in [-0.15, -0.1) is 0 Å². The van der Waals surface area contributed by atoms with Gasteiger partial charge in [-0.2, -0.15) is 0 Å². The topological polar surface area (TPSA) is 3.24 Å². The second-order valence-corrected chi connectivity index (χ2v) is 8.38. The van der Waals surface area contributed by atoms with Crippen LogP contribution in [0, 0.1) is 0 Å². The molecule has 0 spiro atoms. The van der Waals surface area contributed by atoms with E-state index in [1.54, 1.807) is 0 Å². The third kappa shape index (κ3) is 1.70. The molecule has 12 heavy (non-hydrogen) atoms. The second kappa shape index (κ2) is 3.58. The Balaban J connectivity index is 2.68. The molecule has 1 saturated heterocycles. The zero-order valence-corrected chi connectivity index (χ0v) is 9.27. The summed E-state index contributed by atoms with van der Waals surface area (Å²) < 4.78 is 2.62. The second-order valence-electron chi connectivity index (χ2n) is 3.98. The molecule has 1 aliphatic rings. The maximum absolute atomic E-state index is 4.09. The summed E-state index contributed by atoms with van der Waals surface area (Å²) in [5.41, 5.74) is 0. The summed E-state index contributed by atoms with van der Waals surface area (Å²) in [5, 5.41) is 1.27. The van der Waals surface area contributed by atoms with Crippen molar-refractivity contribution in [3.8, 4) is 0 Å². The van der Waals surface area contributed by atoms with Gasteiger partial charge >= 0.3 is 0 Å². The Morgan fingerprint density at radius 2 is 1.83 bits per heavy atom. The average molecular weight is 181 g/mol. The SMILES string of the molecule is C=CC(=C)[Si](C)(C)N1CCCC1. The van der Waals surface area contributed by atoms with Gasteiger partial charge in [-0.1, -0.05) is 37.5 Å². The summed E-state index contributed by atoms with van der Waals surface area (Å²) in [7, 11) is -1.35. The van der Waals surface area contributed by atoms with Crippen LogP contribution in [-0.4, -0.2) is 25.9 Å². The van der Waals surface area contributed by atoms with E-state index in [2.05, 4.69) is 30.8 Å². The molecular formula is C10H19NSi. The molecule has 1 fully saturated rings. The first-order valence-corrected chi connectivity index (χ1v) is 7.60. The van der Waals surface area contributed by atoms with Crippen LogP contribution in [0.5, 0.6) is 0 Å². The van der Waals surface area contributed by atoms with E-state index < -0.39 is 8.24 Å². The third-order valence-electron chi connectivity index (χ3n) is 2.93. The fraction of sp³-hybridized carbons (Fsp3) is 0.600. The summed E-state index contributed by atoms with van der Waals surface area (Å²) in [6.07, 6.45) is 4.66. The number of hydrogen-bond donors (Lipinski definition) is 0. The Morgan fingerprint density at radius 3 is 2.25 bits per heavy atom. The lowest BCUT2D eigenvalue weighted by Gasteiger charge is -2.33. The van der Waals surface area contributed by atoms with Gasteiger partial charge < -0.3 is 4.57 Å². The fourth-order valence-corrected chi connectivity index (χ4v) is 4.07. The number of allylic oxidation sites excluding steroid dienone is 2. The van der Waals surface area contributed by atoms with Crippen LogP contribution in [0.4, 0.5) is 0 Å². The van der Waals surface area contributed by atoms with Crippen molar-refractivity contribution in [1.29, 1.82) is 0 Å². The molecule has 0 N–H and O–H groups in total. The Hall–Kier alpha value is -0.343. The fourth-order valence-electron chi connectivity index (χ4n) is 1.73. The van der Waals surface area contributed by atoms with Crippen molar-refractivity contribution in [2.75, 3.05) is 13.1 Å². The third-order valence-corrected chi connectivity index (χ3v) is 6.73. The predicted molar refractivity (Wildman–Crippen MR) is 57.6 cm³/mol. The van der Waals surface area contributed by atoms with Gasteiger partial charge in [0.1, 0.15) is 0 Å². The molecular weight excluding hydrogens is 162 g/mol. The van der Waals surface area contributed by atoms with E-state index in [-0.39, 0.29) is 0 Å². The zero-order valence-electron chi connectivity index (χ0n) is 8.27. The van der Waals surface area contributed by atoms with Gasteiger partial charge in [0.15, 0.2) is 8.24 Å². The molecule has 1 heterocycles. The van der Waals surface area contributed by atoms with E-state index in [0.717, 1.165) is 0 Å². The first-order valence-electron chi connectivity index (χ1n) is 4.66. The Kier molecular flexibility index (Phi) is 2.91. The summed E-state index contributed by atoms with van der Waals surface area (Å²) in [6, 6.07) is 0. The molecule has 1 aliphatic heterocycles. The minimum absolute atomic E-state index is 1.27. The highest BCUT2D eigenvalue weighted by Gasteiger charge is 2.32. The van der Waals surface area contributed by atoms with Crippen molar-refractivity contribution in [3.05, 3.63) is 24.4 Å². The van der Waals surface area contributed by atoms with Gasteiger partial charge in [-0.25, -0.2) is 0 Å². The number of hydrogen-bond acceptors (Lipinski definition) is 1. The number of nitrogens with zero attached hydrogens (tertiary/aromatic N) is 1. The van der Waals surface area contributed by atoms with Gasteiger partial charge in [0.25, 0.3) is 0 Å². The number of rotatable bonds is 3. The van der Waals surface area contributed by atoms with E-state index in [0.29, 0.717) is 0 Å². The first-order chi connectivity index (χ1) is 5.59. The minimum Gasteiger partial charge on any atom is -0.320 e. The van der Waals surface area contributed by atoms with Crippen molar-refractivity contribution in [1.82, 2.24) is 4.57 Å². The van der Waals surface area contributed by atoms with Crippen LogP contribution in [-0.2, 0) is 0 Å². The van der Waals surface area contributed by atoms with Crippen LogP contribution < -0.4 is 0 Å². The Bertz CT molecular complexity index is 190. The molecule has 0 aromatic heterocycles. The Labute approximate surface area is 76.9 Å². The highest BCUT2D eigenvalue weighted by molar-refractivity contribution is 6.82. The molecule has 0 saturated carbocycles. The van der Waals surface area contributed by atoms with Crippen molar-refractivity contribution >= 4 is 8.24 Å². The van der Waals surface area contributed by atoms with E-state index in [1.807, 2.05) is 6.08 Å². The van der Waals surface area contributed by atoms with E-state index >= 15 is 0 Å². The van der Waals surface area contributed by atoms with Gasteiger partial charge in [0, 0.05) is 0 Å². The molecule has 68 valence electrons. The van der Waals surface area contributed by atoms with E-state index in [9.17, 15) is 0 Å². The minimum atomic E-state index is -1.35. The Morgan fingerprint density at radius 1 is 1.33 bits per heavy atom. The quantitative estimate of drug-likeness (QED) is 0.478.